The highest BCUT2D eigenvalue weighted by molar-refractivity contribution is 8.01. The number of carbonyl (C=O) groups excluding carboxylic acids is 2. The average molecular weight is 392 g/mol. The molecule has 0 radical (unpaired) electrons. The van der Waals surface area contributed by atoms with Crippen molar-refractivity contribution in [1.29, 1.82) is 0 Å². The number of carbonyl (C=O) groups is 2. The molecule has 1 aliphatic carbocycles. The average Bonchev–Trinajstić information content (AvgIpc) is 3.14. The highest BCUT2D eigenvalue weighted by Gasteiger charge is 2.22. The van der Waals surface area contributed by atoms with E-state index in [9.17, 15) is 9.59 Å². The molecule has 0 spiro atoms. The van der Waals surface area contributed by atoms with E-state index in [4.69, 9.17) is 4.74 Å². The first kappa shape index (κ1) is 18.8. The van der Waals surface area contributed by atoms with Crippen molar-refractivity contribution in [3.63, 3.8) is 0 Å². The molecule has 1 saturated carbocycles. The van der Waals surface area contributed by atoms with Crippen LogP contribution in [0, 0.1) is 5.92 Å². The Morgan fingerprint density at radius 2 is 2.08 bits per heavy atom. The van der Waals surface area contributed by atoms with E-state index in [1.54, 1.807) is 31.4 Å². The van der Waals surface area contributed by atoms with Crippen LogP contribution >= 0.6 is 23.1 Å². The summed E-state index contributed by atoms with van der Waals surface area (Å²) in [5, 5.41) is 11.4. The van der Waals surface area contributed by atoms with Crippen molar-refractivity contribution >= 4 is 39.9 Å². The van der Waals surface area contributed by atoms with E-state index in [0.29, 0.717) is 20.8 Å². The predicted molar refractivity (Wildman–Crippen MR) is 103 cm³/mol. The Morgan fingerprint density at radius 1 is 1.27 bits per heavy atom. The maximum absolute atomic E-state index is 12.3. The minimum atomic E-state index is -0.00288. The van der Waals surface area contributed by atoms with Crippen molar-refractivity contribution in [3.05, 3.63) is 29.8 Å². The van der Waals surface area contributed by atoms with Crippen molar-refractivity contribution in [3.8, 4) is 5.75 Å². The van der Waals surface area contributed by atoms with E-state index in [1.165, 1.54) is 29.5 Å². The Labute approximate surface area is 160 Å². The van der Waals surface area contributed by atoms with E-state index in [-0.39, 0.29) is 23.4 Å². The van der Waals surface area contributed by atoms with Gasteiger partial charge in [-0.05, 0) is 25.0 Å². The summed E-state index contributed by atoms with van der Waals surface area (Å²) in [5.74, 6) is 1.03. The molecule has 0 atom stereocenters. The van der Waals surface area contributed by atoms with Crippen LogP contribution in [-0.2, 0) is 4.79 Å². The number of ether oxygens (including phenoxy) is 1. The highest BCUT2D eigenvalue weighted by atomic mass is 32.2. The summed E-state index contributed by atoms with van der Waals surface area (Å²) in [4.78, 5) is 24.5. The number of hydrogen-bond acceptors (Lipinski definition) is 7. The number of ketones is 1. The van der Waals surface area contributed by atoms with Crippen LogP contribution in [0.1, 0.15) is 42.5 Å². The van der Waals surface area contributed by atoms with Crippen LogP contribution in [0.25, 0.3) is 0 Å². The maximum atomic E-state index is 12.3. The highest BCUT2D eigenvalue weighted by Crippen LogP contribution is 2.29. The van der Waals surface area contributed by atoms with Crippen molar-refractivity contribution in [2.24, 2.45) is 5.92 Å². The zero-order valence-corrected chi connectivity index (χ0v) is 16.2. The third-order valence-corrected chi connectivity index (χ3v) is 6.30. The first-order valence-electron chi connectivity index (χ1n) is 8.60. The van der Waals surface area contributed by atoms with Gasteiger partial charge < -0.3 is 10.1 Å². The number of aromatic nitrogens is 2. The van der Waals surface area contributed by atoms with Gasteiger partial charge in [0, 0.05) is 11.5 Å². The molecule has 1 aliphatic rings. The van der Waals surface area contributed by atoms with Crippen LogP contribution in [0.4, 0.5) is 5.13 Å². The third-order valence-electron chi connectivity index (χ3n) is 4.33. The summed E-state index contributed by atoms with van der Waals surface area (Å²) in [6, 6.07) is 7.08. The topological polar surface area (TPSA) is 81.2 Å². The van der Waals surface area contributed by atoms with E-state index >= 15 is 0 Å². The molecular weight excluding hydrogens is 370 g/mol. The lowest BCUT2D eigenvalue weighted by Crippen LogP contribution is -2.24. The number of thioether (sulfide) groups is 1. The van der Waals surface area contributed by atoms with Gasteiger partial charge in [-0.3, -0.25) is 9.59 Å². The molecule has 1 amide bonds. The van der Waals surface area contributed by atoms with Gasteiger partial charge in [0.1, 0.15) is 5.75 Å². The number of benzene rings is 1. The number of Topliss-reactive ketones (excluding diaryl/α,β-unsaturated/α-hetero) is 1. The number of rotatable bonds is 7. The predicted octanol–water partition coefficient (Wildman–Crippen LogP) is 4.04. The summed E-state index contributed by atoms with van der Waals surface area (Å²) in [5.41, 5.74) is 0.604. The first-order valence-corrected chi connectivity index (χ1v) is 10.4. The second-order valence-electron chi connectivity index (χ2n) is 6.14. The summed E-state index contributed by atoms with van der Waals surface area (Å²) in [6.45, 7) is 0. The van der Waals surface area contributed by atoms with Crippen molar-refractivity contribution in [1.82, 2.24) is 10.2 Å². The molecule has 1 fully saturated rings. The SMILES string of the molecule is COc1cccc(C(=O)CSc2nnc(NC(=O)C3CCCCC3)s2)c1. The van der Waals surface area contributed by atoms with Crippen LogP contribution in [0.15, 0.2) is 28.6 Å². The fourth-order valence-electron chi connectivity index (χ4n) is 2.90. The standard InChI is InChI=1S/C18H21N3O3S2/c1-24-14-9-5-8-13(10-14)15(22)11-25-18-21-20-17(26-18)19-16(23)12-6-3-2-4-7-12/h5,8-10,12H,2-4,6-7,11H2,1H3,(H,19,20,23). The number of hydrogen-bond donors (Lipinski definition) is 1. The Morgan fingerprint density at radius 3 is 2.85 bits per heavy atom. The molecule has 1 aromatic heterocycles. The normalized spacial score (nSPS) is 14.8. The lowest BCUT2D eigenvalue weighted by atomic mass is 9.89. The minimum absolute atomic E-state index is 0.00288. The lowest BCUT2D eigenvalue weighted by Gasteiger charge is -2.19. The van der Waals surface area contributed by atoms with Crippen molar-refractivity contribution in [2.45, 2.75) is 36.4 Å². The van der Waals surface area contributed by atoms with Gasteiger partial charge in [-0.1, -0.05) is 54.5 Å². The monoisotopic (exact) mass is 391 g/mol. The smallest absolute Gasteiger partial charge is 0.229 e. The van der Waals surface area contributed by atoms with Crippen LogP contribution < -0.4 is 10.1 Å². The molecule has 0 unspecified atom stereocenters. The van der Waals surface area contributed by atoms with Gasteiger partial charge in [-0.15, -0.1) is 10.2 Å². The quantitative estimate of drug-likeness (QED) is 0.436. The second kappa shape index (κ2) is 9.14. The molecule has 1 heterocycles. The van der Waals surface area contributed by atoms with Crippen LogP contribution in [0.3, 0.4) is 0 Å². The number of nitrogens with one attached hydrogen (secondary N) is 1. The fourth-order valence-corrected chi connectivity index (χ4v) is 4.55. The van der Waals surface area contributed by atoms with E-state index in [0.717, 1.165) is 25.7 Å². The van der Waals surface area contributed by atoms with Crippen molar-refractivity contribution in [2.75, 3.05) is 18.2 Å². The van der Waals surface area contributed by atoms with Gasteiger partial charge in [-0.2, -0.15) is 0 Å². The Balaban J connectivity index is 1.51. The van der Waals surface area contributed by atoms with E-state index in [2.05, 4.69) is 15.5 Å². The summed E-state index contributed by atoms with van der Waals surface area (Å²) < 4.78 is 5.81. The zero-order chi connectivity index (χ0) is 18.4. The third kappa shape index (κ3) is 5.04. The molecule has 138 valence electrons. The van der Waals surface area contributed by atoms with Gasteiger partial charge in [-0.25, -0.2) is 0 Å². The zero-order valence-electron chi connectivity index (χ0n) is 14.6. The molecule has 1 N–H and O–H groups in total. The van der Waals surface area contributed by atoms with E-state index < -0.39 is 0 Å². The maximum Gasteiger partial charge on any atom is 0.229 e. The fraction of sp³-hybridized carbons (Fsp3) is 0.444. The van der Waals surface area contributed by atoms with Crippen LogP contribution in [0.2, 0.25) is 0 Å². The second-order valence-corrected chi connectivity index (χ2v) is 8.34. The molecular formula is C18H21N3O3S2. The van der Waals surface area contributed by atoms with Gasteiger partial charge >= 0.3 is 0 Å². The van der Waals surface area contributed by atoms with Crippen LogP contribution in [-0.4, -0.2) is 34.8 Å². The lowest BCUT2D eigenvalue weighted by molar-refractivity contribution is -0.120. The molecule has 26 heavy (non-hydrogen) atoms. The molecule has 6 nitrogen and oxygen atoms in total. The molecule has 0 bridgehead atoms. The molecule has 0 aliphatic heterocycles. The van der Waals surface area contributed by atoms with Crippen LogP contribution in [0.5, 0.6) is 5.75 Å². The van der Waals surface area contributed by atoms with Gasteiger partial charge in [0.2, 0.25) is 11.0 Å². The summed E-state index contributed by atoms with van der Waals surface area (Å²) >= 11 is 2.63. The minimum Gasteiger partial charge on any atom is -0.497 e. The number of anilines is 1. The largest absolute Gasteiger partial charge is 0.497 e. The first-order chi connectivity index (χ1) is 12.7. The van der Waals surface area contributed by atoms with E-state index in [1.807, 2.05) is 0 Å². The molecule has 2 aromatic rings. The van der Waals surface area contributed by atoms with Crippen molar-refractivity contribution < 1.29 is 14.3 Å². The molecule has 8 heteroatoms. The number of amides is 1. The molecule has 3 rings (SSSR count). The molecule has 1 aromatic carbocycles. The Hall–Kier alpha value is -1.93. The van der Waals surface area contributed by atoms with Gasteiger partial charge in [0.15, 0.2) is 10.1 Å². The Bertz CT molecular complexity index is 773. The summed E-state index contributed by atoms with van der Waals surface area (Å²) in [6.07, 6.45) is 5.33. The Kier molecular flexibility index (Phi) is 6.62. The van der Waals surface area contributed by atoms with Gasteiger partial charge in [0.05, 0.1) is 12.9 Å². The molecule has 0 saturated heterocycles. The number of nitrogens with zero attached hydrogens (tertiary/aromatic N) is 2. The van der Waals surface area contributed by atoms with Gasteiger partial charge in [0.25, 0.3) is 0 Å². The summed E-state index contributed by atoms with van der Waals surface area (Å²) in [7, 11) is 1.57. The number of methoxy groups -OCH3 is 1.